The van der Waals surface area contributed by atoms with E-state index in [1.807, 2.05) is 0 Å². The zero-order valence-corrected chi connectivity index (χ0v) is 13.2. The van der Waals surface area contributed by atoms with E-state index in [4.69, 9.17) is 11.6 Å². The van der Waals surface area contributed by atoms with Crippen LogP contribution in [0.3, 0.4) is 0 Å². The molecule has 0 amide bonds. The summed E-state index contributed by atoms with van der Waals surface area (Å²) in [6.45, 7) is 7.26. The second kappa shape index (κ2) is 7.36. The number of nitrogens with zero attached hydrogens (tertiary/aromatic N) is 1. The van der Waals surface area contributed by atoms with Crippen LogP contribution in [0.2, 0.25) is 5.02 Å². The van der Waals surface area contributed by atoms with Gasteiger partial charge in [0.15, 0.2) is 0 Å². The average molecular weight is 352 g/mol. The minimum Gasteiger partial charge on any atom is -0.406 e. The highest BCUT2D eigenvalue weighted by molar-refractivity contribution is 6.32. The molecule has 2 aromatic rings. The fraction of sp³-hybridized carbons (Fsp3) is 0.0556. The minimum absolute atomic E-state index is 0.287. The third-order valence-corrected chi connectivity index (χ3v) is 3.36. The van der Waals surface area contributed by atoms with Gasteiger partial charge < -0.3 is 4.74 Å². The van der Waals surface area contributed by atoms with E-state index in [1.54, 1.807) is 18.2 Å². The van der Waals surface area contributed by atoms with Gasteiger partial charge in [-0.3, -0.25) is 4.99 Å². The summed E-state index contributed by atoms with van der Waals surface area (Å²) in [5, 5.41) is 0.439. The molecule has 0 bridgehead atoms. The van der Waals surface area contributed by atoms with Crippen molar-refractivity contribution in [3.8, 4) is 16.9 Å². The quantitative estimate of drug-likeness (QED) is 0.568. The second-order valence-electron chi connectivity index (χ2n) is 4.68. The summed E-state index contributed by atoms with van der Waals surface area (Å²) in [7, 11) is 0. The van der Waals surface area contributed by atoms with Gasteiger partial charge in [0.2, 0.25) is 0 Å². The number of alkyl halides is 3. The first kappa shape index (κ1) is 17.8. The normalized spacial score (nSPS) is 11.5. The molecule has 2 rings (SSSR count). The van der Waals surface area contributed by atoms with Gasteiger partial charge in [-0.1, -0.05) is 49.0 Å². The number of hydrogen-bond donors (Lipinski definition) is 0. The summed E-state index contributed by atoms with van der Waals surface area (Å²) in [6.07, 6.45) is -0.0927. The highest BCUT2D eigenvalue weighted by Crippen LogP contribution is 2.35. The largest absolute Gasteiger partial charge is 0.573 e. The van der Waals surface area contributed by atoms with Gasteiger partial charge in [0, 0.05) is 11.8 Å². The van der Waals surface area contributed by atoms with E-state index in [1.165, 1.54) is 36.6 Å². The third kappa shape index (κ3) is 4.49. The molecule has 2 aromatic carbocycles. The molecule has 0 aliphatic carbocycles. The Labute approximate surface area is 142 Å². The third-order valence-electron chi connectivity index (χ3n) is 3.05. The van der Waals surface area contributed by atoms with E-state index >= 15 is 0 Å². The molecule has 0 aliphatic heterocycles. The van der Waals surface area contributed by atoms with E-state index in [-0.39, 0.29) is 5.75 Å². The highest BCUT2D eigenvalue weighted by Gasteiger charge is 2.30. The number of halogens is 4. The molecule has 0 heterocycles. The van der Waals surface area contributed by atoms with Crippen molar-refractivity contribution in [1.82, 2.24) is 0 Å². The van der Waals surface area contributed by atoms with Crippen molar-refractivity contribution in [2.75, 3.05) is 0 Å². The molecule has 0 spiro atoms. The molecule has 0 radical (unpaired) electrons. The monoisotopic (exact) mass is 351 g/mol. The van der Waals surface area contributed by atoms with Crippen LogP contribution in [0.5, 0.6) is 5.75 Å². The first-order valence-electron chi connectivity index (χ1n) is 6.81. The van der Waals surface area contributed by atoms with Crippen molar-refractivity contribution in [2.45, 2.75) is 6.36 Å². The highest BCUT2D eigenvalue weighted by atomic mass is 35.5. The number of hydrogen-bond acceptors (Lipinski definition) is 2. The standard InChI is InChI=1S/C18H13ClF3NO/c1-3-9-23-17-11-13(10-16(19)15(17)4-2)12-5-7-14(8-6-12)24-18(20,21)22/h3-11H,1-2H2. The topological polar surface area (TPSA) is 21.6 Å². The van der Waals surface area contributed by atoms with Crippen molar-refractivity contribution in [3.05, 3.63) is 66.2 Å². The molecule has 0 unspecified atom stereocenters. The first-order valence-corrected chi connectivity index (χ1v) is 7.19. The SMILES string of the molecule is C=CC=Nc1cc(-c2ccc(OC(F)(F)F)cc2)cc(Cl)c1C=C. The summed E-state index contributed by atoms with van der Waals surface area (Å²) in [5.74, 6) is -0.287. The van der Waals surface area contributed by atoms with Gasteiger partial charge in [0.05, 0.1) is 10.7 Å². The Bertz CT molecular complexity index is 780. The van der Waals surface area contributed by atoms with E-state index in [0.717, 1.165) is 0 Å². The number of allylic oxidation sites excluding steroid dienone is 1. The zero-order chi connectivity index (χ0) is 17.7. The number of ether oxygens (including phenoxy) is 1. The molecule has 0 saturated heterocycles. The molecule has 0 N–H and O–H groups in total. The smallest absolute Gasteiger partial charge is 0.406 e. The fourth-order valence-corrected chi connectivity index (χ4v) is 2.35. The van der Waals surface area contributed by atoms with Crippen molar-refractivity contribution in [2.24, 2.45) is 4.99 Å². The van der Waals surface area contributed by atoms with Crippen LogP contribution in [0.25, 0.3) is 17.2 Å². The van der Waals surface area contributed by atoms with Crippen molar-refractivity contribution >= 4 is 29.6 Å². The molecule has 0 saturated carbocycles. The first-order chi connectivity index (χ1) is 11.3. The molecule has 124 valence electrons. The lowest BCUT2D eigenvalue weighted by Gasteiger charge is -2.11. The maximum absolute atomic E-state index is 12.2. The lowest BCUT2D eigenvalue weighted by atomic mass is 10.0. The van der Waals surface area contributed by atoms with Gasteiger partial charge in [-0.15, -0.1) is 13.2 Å². The second-order valence-corrected chi connectivity index (χ2v) is 5.09. The summed E-state index contributed by atoms with van der Waals surface area (Å²) in [4.78, 5) is 4.24. The average Bonchev–Trinajstić information content (AvgIpc) is 2.51. The maximum Gasteiger partial charge on any atom is 0.573 e. The molecular formula is C18H13ClF3NO. The minimum atomic E-state index is -4.72. The molecule has 0 atom stereocenters. The molecule has 2 nitrogen and oxygen atoms in total. The van der Waals surface area contributed by atoms with Gasteiger partial charge >= 0.3 is 6.36 Å². The summed E-state index contributed by atoms with van der Waals surface area (Å²) < 4.78 is 40.5. The predicted octanol–water partition coefficient (Wildman–Crippen LogP) is 6.44. The zero-order valence-electron chi connectivity index (χ0n) is 12.5. The molecule has 0 aliphatic rings. The molecule has 0 fully saturated rings. The van der Waals surface area contributed by atoms with Crippen LogP contribution in [-0.4, -0.2) is 12.6 Å². The van der Waals surface area contributed by atoms with Crippen LogP contribution in [0.1, 0.15) is 5.56 Å². The van der Waals surface area contributed by atoms with E-state index in [2.05, 4.69) is 22.9 Å². The van der Waals surface area contributed by atoms with Gasteiger partial charge in [-0.2, -0.15) is 0 Å². The Morgan fingerprint density at radius 3 is 2.25 bits per heavy atom. The number of aliphatic imine (C=N–C) groups is 1. The Balaban J connectivity index is 2.41. The van der Waals surface area contributed by atoms with Gasteiger partial charge in [0.1, 0.15) is 5.75 Å². The molecule has 24 heavy (non-hydrogen) atoms. The van der Waals surface area contributed by atoms with Crippen LogP contribution in [0.4, 0.5) is 18.9 Å². The van der Waals surface area contributed by atoms with E-state index in [9.17, 15) is 13.2 Å². The lowest BCUT2D eigenvalue weighted by molar-refractivity contribution is -0.274. The van der Waals surface area contributed by atoms with Crippen LogP contribution in [0, 0.1) is 0 Å². The number of benzene rings is 2. The maximum atomic E-state index is 12.2. The van der Waals surface area contributed by atoms with Crippen LogP contribution < -0.4 is 4.74 Å². The Morgan fingerprint density at radius 2 is 1.71 bits per heavy atom. The Kier molecular flexibility index (Phi) is 5.46. The van der Waals surface area contributed by atoms with Crippen LogP contribution in [-0.2, 0) is 0 Å². The van der Waals surface area contributed by atoms with Crippen molar-refractivity contribution < 1.29 is 17.9 Å². The van der Waals surface area contributed by atoms with Crippen molar-refractivity contribution in [1.29, 1.82) is 0 Å². The molecule has 6 heteroatoms. The Hall–Kier alpha value is -2.53. The van der Waals surface area contributed by atoms with E-state index < -0.39 is 6.36 Å². The summed E-state index contributed by atoms with van der Waals surface area (Å²) >= 11 is 6.24. The van der Waals surface area contributed by atoms with Crippen LogP contribution in [0.15, 0.2) is 60.6 Å². The Morgan fingerprint density at radius 1 is 1.04 bits per heavy atom. The number of rotatable bonds is 5. The molecule has 0 aromatic heterocycles. The lowest BCUT2D eigenvalue weighted by Crippen LogP contribution is -2.16. The molecular weight excluding hydrogens is 339 g/mol. The fourth-order valence-electron chi connectivity index (χ4n) is 2.06. The summed E-state index contributed by atoms with van der Waals surface area (Å²) in [5.41, 5.74) is 2.64. The van der Waals surface area contributed by atoms with Crippen molar-refractivity contribution in [3.63, 3.8) is 0 Å². The van der Waals surface area contributed by atoms with Gasteiger partial charge in [-0.05, 0) is 35.4 Å². The summed E-state index contributed by atoms with van der Waals surface area (Å²) in [6, 6.07) is 8.98. The van der Waals surface area contributed by atoms with Gasteiger partial charge in [0.25, 0.3) is 0 Å². The van der Waals surface area contributed by atoms with Crippen LogP contribution >= 0.6 is 11.6 Å². The van der Waals surface area contributed by atoms with Gasteiger partial charge in [-0.25, -0.2) is 0 Å². The predicted molar refractivity (Wildman–Crippen MR) is 92.0 cm³/mol. The van der Waals surface area contributed by atoms with E-state index in [0.29, 0.717) is 27.4 Å².